The third-order valence-electron chi connectivity index (χ3n) is 3.73. The van der Waals surface area contributed by atoms with E-state index in [0.717, 1.165) is 11.8 Å². The van der Waals surface area contributed by atoms with Crippen LogP contribution < -0.4 is 14.7 Å². The summed E-state index contributed by atoms with van der Waals surface area (Å²) in [5, 5.41) is 20.7. The van der Waals surface area contributed by atoms with Crippen LogP contribution in [0.2, 0.25) is 0 Å². The molecule has 1 N–H and O–H groups in total. The van der Waals surface area contributed by atoms with Gasteiger partial charge in [-0.05, 0) is 48.9 Å². The lowest BCUT2D eigenvalue weighted by molar-refractivity contribution is -0.270. The highest BCUT2D eigenvalue weighted by Crippen LogP contribution is 2.36. The van der Waals surface area contributed by atoms with Gasteiger partial charge in [-0.25, -0.2) is 4.79 Å². The maximum absolute atomic E-state index is 12.8. The number of aromatic carboxylic acids is 1. The zero-order valence-corrected chi connectivity index (χ0v) is 15.8. The molecule has 0 unspecified atom stereocenters. The first kappa shape index (κ1) is 18.9. The van der Waals surface area contributed by atoms with E-state index in [1.165, 1.54) is 35.2 Å². The molecular weight excluding hydrogens is 386 g/mol. The first-order valence-electron chi connectivity index (χ1n) is 7.96. The van der Waals surface area contributed by atoms with Crippen LogP contribution in [0, 0.1) is 0 Å². The molecular formula is C19H14NO5S2-. The molecule has 2 aromatic carbocycles. The monoisotopic (exact) mass is 400 g/mol. The van der Waals surface area contributed by atoms with Gasteiger partial charge in [0, 0.05) is 0 Å². The summed E-state index contributed by atoms with van der Waals surface area (Å²) < 4.78 is 5.64. The van der Waals surface area contributed by atoms with Gasteiger partial charge in [0.05, 0.1) is 22.8 Å². The predicted octanol–water partition coefficient (Wildman–Crippen LogP) is 3.26. The molecule has 0 bridgehead atoms. The molecule has 138 valence electrons. The molecule has 0 atom stereocenters. The van der Waals surface area contributed by atoms with E-state index in [9.17, 15) is 14.7 Å². The Balaban J connectivity index is 1.88. The van der Waals surface area contributed by atoms with Crippen molar-refractivity contribution < 1.29 is 24.5 Å². The van der Waals surface area contributed by atoms with Crippen LogP contribution in [0.25, 0.3) is 6.08 Å². The Morgan fingerprint density at radius 2 is 2.00 bits per heavy atom. The van der Waals surface area contributed by atoms with Crippen molar-refractivity contribution in [3.05, 3.63) is 58.5 Å². The number of carbonyl (C=O) groups is 2. The number of rotatable bonds is 5. The number of amides is 1. The van der Waals surface area contributed by atoms with Crippen LogP contribution >= 0.6 is 24.0 Å². The van der Waals surface area contributed by atoms with Crippen molar-refractivity contribution in [2.45, 2.75) is 6.92 Å². The molecule has 2 aromatic rings. The Bertz CT molecular complexity index is 953. The number of anilines is 1. The van der Waals surface area contributed by atoms with Crippen LogP contribution in [-0.2, 0) is 4.79 Å². The maximum Gasteiger partial charge on any atom is 0.335 e. The first-order valence-corrected chi connectivity index (χ1v) is 9.18. The van der Waals surface area contributed by atoms with Crippen molar-refractivity contribution in [2.24, 2.45) is 0 Å². The highest BCUT2D eigenvalue weighted by Gasteiger charge is 2.33. The molecule has 1 aliphatic heterocycles. The lowest BCUT2D eigenvalue weighted by Gasteiger charge is -2.15. The Morgan fingerprint density at radius 1 is 1.30 bits per heavy atom. The van der Waals surface area contributed by atoms with Crippen LogP contribution in [0.5, 0.6) is 11.5 Å². The highest BCUT2D eigenvalue weighted by atomic mass is 32.2. The van der Waals surface area contributed by atoms with Crippen molar-refractivity contribution in [2.75, 3.05) is 11.5 Å². The van der Waals surface area contributed by atoms with Gasteiger partial charge in [0.2, 0.25) is 0 Å². The van der Waals surface area contributed by atoms with E-state index in [1.807, 2.05) is 0 Å². The lowest BCUT2D eigenvalue weighted by atomic mass is 10.1. The van der Waals surface area contributed by atoms with E-state index in [1.54, 1.807) is 25.1 Å². The van der Waals surface area contributed by atoms with Crippen LogP contribution in [0.1, 0.15) is 22.8 Å². The van der Waals surface area contributed by atoms with E-state index in [2.05, 4.69) is 0 Å². The van der Waals surface area contributed by atoms with Gasteiger partial charge in [-0.15, -0.1) is 0 Å². The van der Waals surface area contributed by atoms with Crippen molar-refractivity contribution in [3.8, 4) is 11.5 Å². The van der Waals surface area contributed by atoms with E-state index >= 15 is 0 Å². The minimum Gasteiger partial charge on any atom is -0.870 e. The van der Waals surface area contributed by atoms with Gasteiger partial charge >= 0.3 is 5.97 Å². The maximum atomic E-state index is 12.8. The fourth-order valence-corrected chi connectivity index (χ4v) is 3.78. The van der Waals surface area contributed by atoms with Crippen LogP contribution in [0.3, 0.4) is 0 Å². The van der Waals surface area contributed by atoms with Gasteiger partial charge in [-0.2, -0.15) is 0 Å². The SMILES string of the molecule is CCOc1cc(/C=C2/SC(=S)N(c3ccc(C(=O)O)cc3)C2=O)ccc1[O-]. The second-order valence-electron chi connectivity index (χ2n) is 5.51. The van der Waals surface area contributed by atoms with Gasteiger partial charge in [-0.1, -0.05) is 41.9 Å². The fraction of sp³-hybridized carbons (Fsp3) is 0.105. The highest BCUT2D eigenvalue weighted by molar-refractivity contribution is 8.27. The van der Waals surface area contributed by atoms with E-state index in [-0.39, 0.29) is 23.0 Å². The predicted molar refractivity (Wildman–Crippen MR) is 106 cm³/mol. The Hall–Kier alpha value is -2.84. The average Bonchev–Trinajstić information content (AvgIpc) is 2.91. The van der Waals surface area contributed by atoms with E-state index < -0.39 is 5.97 Å². The van der Waals surface area contributed by atoms with Gasteiger partial charge in [-0.3, -0.25) is 9.69 Å². The Labute approximate surface area is 165 Å². The van der Waals surface area contributed by atoms with Crippen molar-refractivity contribution in [1.82, 2.24) is 0 Å². The smallest absolute Gasteiger partial charge is 0.335 e. The molecule has 0 spiro atoms. The molecule has 8 heteroatoms. The third kappa shape index (κ3) is 3.96. The van der Waals surface area contributed by atoms with Crippen molar-refractivity contribution >= 4 is 51.9 Å². The normalized spacial score (nSPS) is 15.4. The number of nitrogens with zero attached hydrogens (tertiary/aromatic N) is 1. The molecule has 1 amide bonds. The Kier molecular flexibility index (Phi) is 5.48. The molecule has 0 radical (unpaired) electrons. The van der Waals surface area contributed by atoms with Gasteiger partial charge < -0.3 is 14.9 Å². The molecule has 6 nitrogen and oxygen atoms in total. The number of carboxylic acids is 1. The van der Waals surface area contributed by atoms with Crippen LogP contribution in [-0.4, -0.2) is 27.9 Å². The fourth-order valence-electron chi connectivity index (χ4n) is 2.48. The lowest BCUT2D eigenvalue weighted by Crippen LogP contribution is -2.27. The number of thiocarbonyl (C=S) groups is 1. The molecule has 0 aliphatic carbocycles. The molecule has 1 heterocycles. The number of benzene rings is 2. The average molecular weight is 400 g/mol. The zero-order chi connectivity index (χ0) is 19.6. The number of thioether (sulfide) groups is 1. The molecule has 1 aliphatic rings. The second kappa shape index (κ2) is 7.81. The van der Waals surface area contributed by atoms with Gasteiger partial charge in [0.25, 0.3) is 5.91 Å². The van der Waals surface area contributed by atoms with Crippen molar-refractivity contribution in [1.29, 1.82) is 0 Å². The summed E-state index contributed by atoms with van der Waals surface area (Å²) in [7, 11) is 0. The topological polar surface area (TPSA) is 89.9 Å². The molecule has 0 aromatic heterocycles. The number of carbonyl (C=O) groups excluding carboxylic acids is 1. The minimum absolute atomic E-state index is 0.126. The zero-order valence-electron chi connectivity index (χ0n) is 14.2. The standard InChI is InChI=1S/C19H15NO5S2/c1-2-25-15-9-11(3-8-14(15)21)10-16-17(22)20(19(26)27-16)13-6-4-12(5-7-13)18(23)24/h3-10,21H,2H2,1H3,(H,23,24)/p-1/b16-10+. The number of ether oxygens (including phenoxy) is 1. The quantitative estimate of drug-likeness (QED) is 0.608. The summed E-state index contributed by atoms with van der Waals surface area (Å²) in [6, 6.07) is 10.5. The number of hydrogen-bond acceptors (Lipinski definition) is 6. The van der Waals surface area contributed by atoms with E-state index in [4.69, 9.17) is 22.1 Å². The summed E-state index contributed by atoms with van der Waals surface area (Å²) in [5.41, 5.74) is 1.27. The summed E-state index contributed by atoms with van der Waals surface area (Å²) in [6.07, 6.45) is 1.65. The molecule has 3 rings (SSSR count). The molecule has 27 heavy (non-hydrogen) atoms. The van der Waals surface area contributed by atoms with Gasteiger partial charge in [0.15, 0.2) is 4.32 Å². The van der Waals surface area contributed by atoms with E-state index in [0.29, 0.717) is 27.1 Å². The first-order chi connectivity index (χ1) is 12.9. The summed E-state index contributed by atoms with van der Waals surface area (Å²) in [5.74, 6) is -1.35. The largest absolute Gasteiger partial charge is 0.870 e. The number of carboxylic acid groups (broad SMARTS) is 1. The molecule has 1 saturated heterocycles. The minimum atomic E-state index is -1.04. The van der Waals surface area contributed by atoms with Gasteiger partial charge in [0.1, 0.15) is 5.75 Å². The Morgan fingerprint density at radius 3 is 2.63 bits per heavy atom. The number of hydrogen-bond donors (Lipinski definition) is 1. The third-order valence-corrected chi connectivity index (χ3v) is 5.03. The van der Waals surface area contributed by atoms with Crippen LogP contribution in [0.4, 0.5) is 5.69 Å². The molecule has 1 fully saturated rings. The summed E-state index contributed by atoms with van der Waals surface area (Å²) >= 11 is 6.44. The van der Waals surface area contributed by atoms with Crippen LogP contribution in [0.15, 0.2) is 47.4 Å². The second-order valence-corrected chi connectivity index (χ2v) is 7.18. The van der Waals surface area contributed by atoms with Crippen molar-refractivity contribution in [3.63, 3.8) is 0 Å². The molecule has 0 saturated carbocycles. The summed E-state index contributed by atoms with van der Waals surface area (Å²) in [4.78, 5) is 25.5. The summed E-state index contributed by atoms with van der Waals surface area (Å²) in [6.45, 7) is 2.15.